The second-order valence-corrected chi connectivity index (χ2v) is 9.46. The van der Waals surface area contributed by atoms with Crippen molar-refractivity contribution in [3.63, 3.8) is 0 Å². The van der Waals surface area contributed by atoms with E-state index in [0.29, 0.717) is 0 Å². The van der Waals surface area contributed by atoms with Crippen molar-refractivity contribution in [1.82, 2.24) is 4.90 Å². The molecule has 0 atom stereocenters. The molecular formula is C24H35NO. The van der Waals surface area contributed by atoms with Crippen molar-refractivity contribution in [2.24, 2.45) is 10.8 Å². The van der Waals surface area contributed by atoms with Crippen LogP contribution in [0, 0.1) is 10.8 Å². The zero-order valence-corrected chi connectivity index (χ0v) is 18.1. The number of allylic oxidation sites excluding steroid dienone is 8. The summed E-state index contributed by atoms with van der Waals surface area (Å²) < 4.78 is 0. The molecule has 0 saturated carbocycles. The van der Waals surface area contributed by atoms with Gasteiger partial charge in [0, 0.05) is 30.6 Å². The minimum atomic E-state index is -0.175. The van der Waals surface area contributed by atoms with E-state index < -0.39 is 0 Å². The third-order valence-corrected chi connectivity index (χ3v) is 5.12. The van der Waals surface area contributed by atoms with Crippen LogP contribution in [0.2, 0.25) is 0 Å². The molecule has 0 amide bonds. The Hall–Kier alpha value is -1.83. The van der Waals surface area contributed by atoms with Crippen molar-refractivity contribution in [1.29, 1.82) is 0 Å². The van der Waals surface area contributed by atoms with Crippen LogP contribution >= 0.6 is 0 Å². The van der Waals surface area contributed by atoms with Crippen LogP contribution in [0.1, 0.15) is 68.2 Å². The smallest absolute Gasteiger partial charge is 0.186 e. The van der Waals surface area contributed by atoms with E-state index in [1.165, 1.54) is 22.3 Å². The van der Waals surface area contributed by atoms with Gasteiger partial charge in [0.2, 0.25) is 0 Å². The first kappa shape index (κ1) is 20.5. The van der Waals surface area contributed by atoms with Crippen molar-refractivity contribution < 1.29 is 4.79 Å². The molecule has 0 N–H and O–H groups in total. The van der Waals surface area contributed by atoms with Crippen molar-refractivity contribution >= 4 is 5.78 Å². The Morgan fingerprint density at radius 3 is 1.50 bits per heavy atom. The number of Topliss-reactive ketones (excluding diaryl/α,β-unsaturated/α-hetero) is 1. The molecule has 0 spiro atoms. The number of carbonyl (C=O) groups is 1. The van der Waals surface area contributed by atoms with Crippen molar-refractivity contribution in [3.05, 3.63) is 58.0 Å². The zero-order valence-electron chi connectivity index (χ0n) is 18.1. The predicted octanol–water partition coefficient (Wildman–Crippen LogP) is 6.34. The van der Waals surface area contributed by atoms with Gasteiger partial charge in [0.25, 0.3) is 0 Å². The Morgan fingerprint density at radius 1 is 0.808 bits per heavy atom. The predicted molar refractivity (Wildman–Crippen MR) is 112 cm³/mol. The summed E-state index contributed by atoms with van der Waals surface area (Å²) in [7, 11) is 2.09. The summed E-state index contributed by atoms with van der Waals surface area (Å²) in [5, 5.41) is 0. The summed E-state index contributed by atoms with van der Waals surface area (Å²) in [4.78, 5) is 15.4. The molecule has 142 valence electrons. The Labute approximate surface area is 160 Å². The topological polar surface area (TPSA) is 20.3 Å². The van der Waals surface area contributed by atoms with E-state index in [4.69, 9.17) is 0 Å². The molecule has 26 heavy (non-hydrogen) atoms. The summed E-state index contributed by atoms with van der Waals surface area (Å²) in [6, 6.07) is 0. The molecule has 0 fully saturated rings. The van der Waals surface area contributed by atoms with E-state index in [-0.39, 0.29) is 16.6 Å². The van der Waals surface area contributed by atoms with Crippen LogP contribution in [0.5, 0.6) is 0 Å². The first-order valence-electron chi connectivity index (χ1n) is 9.77. The summed E-state index contributed by atoms with van der Waals surface area (Å²) in [6.45, 7) is 17.2. The second kappa shape index (κ2) is 7.06. The molecule has 1 aliphatic heterocycles. The standard InChI is InChI=1S/C24H35NO/c1-10-16-14-25(9)15-17(11-2)21(16)18-12-19(23(3,4)5)22(26)20(13-18)24(6,7)8/h12-15H,10-11H2,1-9H3. The molecular weight excluding hydrogens is 318 g/mol. The van der Waals surface area contributed by atoms with Gasteiger partial charge in [-0.15, -0.1) is 0 Å². The van der Waals surface area contributed by atoms with Gasteiger partial charge >= 0.3 is 0 Å². The normalized spacial score (nSPS) is 19.3. The molecule has 2 aliphatic rings. The molecule has 0 unspecified atom stereocenters. The highest BCUT2D eigenvalue weighted by Gasteiger charge is 2.35. The minimum Gasteiger partial charge on any atom is -0.357 e. The number of nitrogens with zero attached hydrogens (tertiary/aromatic N) is 1. The average Bonchev–Trinajstić information content (AvgIpc) is 2.52. The summed E-state index contributed by atoms with van der Waals surface area (Å²) >= 11 is 0. The van der Waals surface area contributed by atoms with Gasteiger partial charge in [-0.05, 0) is 58.1 Å². The molecule has 0 bridgehead atoms. The van der Waals surface area contributed by atoms with E-state index in [0.717, 1.165) is 24.0 Å². The van der Waals surface area contributed by atoms with Crippen molar-refractivity contribution in [3.8, 4) is 0 Å². The van der Waals surface area contributed by atoms with Crippen LogP contribution in [0.15, 0.2) is 58.0 Å². The van der Waals surface area contributed by atoms with Crippen molar-refractivity contribution in [2.75, 3.05) is 7.05 Å². The van der Waals surface area contributed by atoms with Gasteiger partial charge in [-0.1, -0.05) is 55.4 Å². The van der Waals surface area contributed by atoms with Gasteiger partial charge in [0.05, 0.1) is 0 Å². The monoisotopic (exact) mass is 353 g/mol. The van der Waals surface area contributed by atoms with Gasteiger partial charge in [-0.2, -0.15) is 0 Å². The molecule has 0 aromatic carbocycles. The van der Waals surface area contributed by atoms with Gasteiger partial charge in [-0.3, -0.25) is 4.79 Å². The number of carbonyl (C=O) groups excluding carboxylic acids is 1. The molecule has 1 heterocycles. The maximum absolute atomic E-state index is 13.2. The quantitative estimate of drug-likeness (QED) is 0.577. The first-order valence-corrected chi connectivity index (χ1v) is 9.77. The molecule has 1 aliphatic carbocycles. The third kappa shape index (κ3) is 3.95. The molecule has 0 radical (unpaired) electrons. The van der Waals surface area contributed by atoms with Crippen molar-refractivity contribution in [2.45, 2.75) is 68.2 Å². The molecule has 0 aromatic rings. The van der Waals surface area contributed by atoms with E-state index in [9.17, 15) is 4.79 Å². The fourth-order valence-electron chi connectivity index (χ4n) is 3.66. The highest BCUT2D eigenvalue weighted by atomic mass is 16.1. The SMILES string of the molecule is CCC1=CN(C)C=C(CC)C1=C1C=C(C(C)(C)C)C(=O)C(C(C)(C)C)=C1. The molecule has 0 saturated heterocycles. The lowest BCUT2D eigenvalue weighted by molar-refractivity contribution is -0.114. The third-order valence-electron chi connectivity index (χ3n) is 5.12. The van der Waals surface area contributed by atoms with Gasteiger partial charge in [-0.25, -0.2) is 0 Å². The lowest BCUT2D eigenvalue weighted by atomic mass is 9.70. The van der Waals surface area contributed by atoms with Gasteiger partial charge in [0.15, 0.2) is 5.78 Å². The van der Waals surface area contributed by atoms with Crippen LogP contribution in [0.25, 0.3) is 0 Å². The summed E-state index contributed by atoms with van der Waals surface area (Å²) in [5.74, 6) is 0.200. The van der Waals surface area contributed by atoms with Crippen LogP contribution in [-0.2, 0) is 4.79 Å². The van der Waals surface area contributed by atoms with Crippen LogP contribution in [0.3, 0.4) is 0 Å². The van der Waals surface area contributed by atoms with Crippen LogP contribution in [-0.4, -0.2) is 17.7 Å². The fraction of sp³-hybridized carbons (Fsp3) is 0.542. The number of rotatable bonds is 2. The Morgan fingerprint density at radius 2 is 1.19 bits per heavy atom. The Bertz CT molecular complexity index is 695. The summed E-state index contributed by atoms with van der Waals surface area (Å²) in [6.07, 6.45) is 10.7. The van der Waals surface area contributed by atoms with Crippen LogP contribution in [0.4, 0.5) is 0 Å². The Kier molecular flexibility index (Phi) is 5.56. The maximum atomic E-state index is 13.2. The number of hydrogen-bond acceptors (Lipinski definition) is 2. The lowest BCUT2D eigenvalue weighted by Crippen LogP contribution is -2.28. The molecule has 0 aromatic heterocycles. The minimum absolute atomic E-state index is 0.175. The highest BCUT2D eigenvalue weighted by molar-refractivity contribution is 6.12. The first-order chi connectivity index (χ1) is 11.9. The van der Waals surface area contributed by atoms with E-state index in [1.54, 1.807) is 0 Å². The van der Waals surface area contributed by atoms with E-state index >= 15 is 0 Å². The average molecular weight is 354 g/mol. The van der Waals surface area contributed by atoms with Gasteiger partial charge < -0.3 is 4.90 Å². The number of ketones is 1. The molecule has 2 heteroatoms. The van der Waals surface area contributed by atoms with E-state index in [2.05, 4.69) is 91.9 Å². The zero-order chi connectivity index (χ0) is 19.9. The molecule has 2 rings (SSSR count). The highest BCUT2D eigenvalue weighted by Crippen LogP contribution is 2.42. The molecule has 2 nitrogen and oxygen atoms in total. The van der Waals surface area contributed by atoms with Crippen LogP contribution < -0.4 is 0 Å². The van der Waals surface area contributed by atoms with Gasteiger partial charge in [0.1, 0.15) is 0 Å². The van der Waals surface area contributed by atoms with E-state index in [1.807, 2.05) is 0 Å². The maximum Gasteiger partial charge on any atom is 0.186 e. The fourth-order valence-corrected chi connectivity index (χ4v) is 3.66. The Balaban J connectivity index is 2.82. The lowest BCUT2D eigenvalue weighted by Gasteiger charge is -2.33. The number of hydrogen-bond donors (Lipinski definition) is 0. The second-order valence-electron chi connectivity index (χ2n) is 9.46. The largest absolute Gasteiger partial charge is 0.357 e. The summed E-state index contributed by atoms with van der Waals surface area (Å²) in [5.41, 5.74) is 6.65.